The number of hydrogen-bond donors (Lipinski definition) is 3. The highest BCUT2D eigenvalue weighted by Gasteiger charge is 2.07. The second kappa shape index (κ2) is 13.9. The number of rotatable bonds is 11. The molecule has 162 valence electrons. The Hall–Kier alpha value is -1.24. The average Bonchev–Trinajstić information content (AvgIpc) is 3.18. The summed E-state index contributed by atoms with van der Waals surface area (Å²) in [5.74, 6) is 2.80. The largest absolute Gasteiger partial charge is 0.469 e. The lowest BCUT2D eigenvalue weighted by molar-refractivity contribution is 0.506. The number of hydrogen-bond acceptors (Lipinski definition) is 5. The number of nitrogens with two attached hydrogens (primary N) is 1. The monoisotopic (exact) mass is 552 g/mol. The van der Waals surface area contributed by atoms with Crippen LogP contribution in [0, 0.1) is 0 Å². The molecule has 0 unspecified atom stereocenters. The van der Waals surface area contributed by atoms with Gasteiger partial charge < -0.3 is 15.1 Å². The summed E-state index contributed by atoms with van der Waals surface area (Å²) in [6, 6.07) is 10.3. The molecule has 1 heterocycles. The van der Waals surface area contributed by atoms with Crippen LogP contribution in [-0.2, 0) is 23.0 Å². The van der Waals surface area contributed by atoms with E-state index in [9.17, 15) is 8.42 Å². The highest BCUT2D eigenvalue weighted by Crippen LogP contribution is 2.09. The van der Waals surface area contributed by atoms with Gasteiger partial charge in [0.1, 0.15) is 5.76 Å². The number of primary sulfonamides is 1. The minimum atomic E-state index is -3.68. The zero-order valence-electron chi connectivity index (χ0n) is 16.5. The van der Waals surface area contributed by atoms with Gasteiger partial charge >= 0.3 is 0 Å². The molecule has 0 amide bonds. The summed E-state index contributed by atoms with van der Waals surface area (Å²) in [7, 11) is -3.68. The van der Waals surface area contributed by atoms with Gasteiger partial charge in [0.25, 0.3) is 0 Å². The van der Waals surface area contributed by atoms with Crippen LogP contribution in [-0.4, -0.2) is 39.5 Å². The number of benzene rings is 1. The molecule has 4 N–H and O–H groups in total. The maximum absolute atomic E-state index is 11.3. The fraction of sp³-hybridized carbons (Fsp3) is 0.421. The zero-order chi connectivity index (χ0) is 20.2. The molecular weight excluding hydrogens is 523 g/mol. The summed E-state index contributed by atoms with van der Waals surface area (Å²) in [5.41, 5.74) is 0.905. The molecule has 0 aliphatic rings. The van der Waals surface area contributed by atoms with Crippen molar-refractivity contribution in [2.75, 3.05) is 25.1 Å². The first-order valence-electron chi connectivity index (χ1n) is 9.14. The van der Waals surface area contributed by atoms with Crippen LogP contribution in [0.25, 0.3) is 0 Å². The Bertz CT molecular complexity index is 826. The van der Waals surface area contributed by atoms with Crippen molar-refractivity contribution in [2.24, 2.45) is 10.1 Å². The molecule has 0 saturated carbocycles. The smallest absolute Gasteiger partial charge is 0.238 e. The number of furan rings is 1. The predicted octanol–water partition coefficient (Wildman–Crippen LogP) is 2.97. The normalized spacial score (nSPS) is 11.7. The zero-order valence-corrected chi connectivity index (χ0v) is 20.4. The van der Waals surface area contributed by atoms with E-state index in [0.717, 1.165) is 48.8 Å². The molecule has 2 aromatic rings. The fourth-order valence-corrected chi connectivity index (χ4v) is 3.47. The lowest BCUT2D eigenvalue weighted by Gasteiger charge is -2.12. The molecule has 1 aromatic carbocycles. The number of guanidine groups is 1. The maximum atomic E-state index is 11.3. The second-order valence-corrected chi connectivity index (χ2v) is 8.78. The maximum Gasteiger partial charge on any atom is 0.238 e. The molecule has 0 radical (unpaired) electrons. The number of halogens is 1. The molecule has 2 rings (SSSR count). The van der Waals surface area contributed by atoms with E-state index in [2.05, 4.69) is 21.9 Å². The Kier molecular flexibility index (Phi) is 12.4. The van der Waals surface area contributed by atoms with Crippen LogP contribution in [0.1, 0.15) is 24.2 Å². The van der Waals surface area contributed by atoms with E-state index in [4.69, 9.17) is 9.56 Å². The van der Waals surface area contributed by atoms with Gasteiger partial charge in [-0.05, 0) is 54.7 Å². The fourth-order valence-electron chi connectivity index (χ4n) is 2.47. The van der Waals surface area contributed by atoms with Crippen molar-refractivity contribution in [3.63, 3.8) is 0 Å². The average molecular weight is 553 g/mol. The Balaban J connectivity index is 0.00000420. The van der Waals surface area contributed by atoms with Crippen LogP contribution < -0.4 is 15.8 Å². The van der Waals surface area contributed by atoms with Crippen LogP contribution in [0.4, 0.5) is 0 Å². The number of nitrogens with zero attached hydrogens (tertiary/aromatic N) is 1. The van der Waals surface area contributed by atoms with E-state index in [1.807, 2.05) is 23.9 Å². The summed E-state index contributed by atoms with van der Waals surface area (Å²) in [6.45, 7) is 1.98. The summed E-state index contributed by atoms with van der Waals surface area (Å²) in [6.07, 6.45) is 6.77. The molecule has 0 aliphatic carbocycles. The van der Waals surface area contributed by atoms with Crippen molar-refractivity contribution in [3.8, 4) is 0 Å². The molecule has 0 bridgehead atoms. The van der Waals surface area contributed by atoms with Crippen molar-refractivity contribution >= 4 is 51.7 Å². The number of thioether (sulfide) groups is 1. The van der Waals surface area contributed by atoms with E-state index in [1.165, 1.54) is 12.1 Å². The van der Waals surface area contributed by atoms with Gasteiger partial charge in [-0.25, -0.2) is 18.5 Å². The summed E-state index contributed by atoms with van der Waals surface area (Å²) in [4.78, 5) is 4.70. The molecular formula is C19H29IN4O3S2. The molecule has 10 heteroatoms. The third-order valence-corrected chi connectivity index (χ3v) is 5.61. The van der Waals surface area contributed by atoms with Crippen LogP contribution in [0.15, 0.2) is 57.0 Å². The van der Waals surface area contributed by atoms with Gasteiger partial charge in [0.05, 0.1) is 17.7 Å². The number of sulfonamides is 1. The van der Waals surface area contributed by atoms with Gasteiger partial charge in [-0.15, -0.1) is 24.0 Å². The Morgan fingerprint density at radius 3 is 2.48 bits per heavy atom. The first-order valence-corrected chi connectivity index (χ1v) is 12.1. The first-order chi connectivity index (χ1) is 13.5. The summed E-state index contributed by atoms with van der Waals surface area (Å²) >= 11 is 1.85. The van der Waals surface area contributed by atoms with Crippen LogP contribution in [0.2, 0.25) is 0 Å². The SMILES string of the molecule is CSCCCCNC(=NCc1ccc(S(N)(=O)=O)cc1)NCCc1ccco1.I. The van der Waals surface area contributed by atoms with Crippen molar-refractivity contribution in [3.05, 3.63) is 54.0 Å². The van der Waals surface area contributed by atoms with Crippen molar-refractivity contribution < 1.29 is 12.8 Å². The summed E-state index contributed by atoms with van der Waals surface area (Å²) in [5, 5.41) is 11.8. The minimum absolute atomic E-state index is 0. The Labute approximate surface area is 194 Å². The quantitative estimate of drug-likeness (QED) is 0.171. The van der Waals surface area contributed by atoms with E-state index >= 15 is 0 Å². The number of unbranched alkanes of at least 4 members (excludes halogenated alkanes) is 1. The highest BCUT2D eigenvalue weighted by molar-refractivity contribution is 14.0. The van der Waals surface area contributed by atoms with E-state index in [-0.39, 0.29) is 28.9 Å². The second-order valence-electron chi connectivity index (χ2n) is 6.24. The lowest BCUT2D eigenvalue weighted by Crippen LogP contribution is -2.39. The molecule has 0 aliphatic heterocycles. The molecule has 1 aromatic heterocycles. The number of nitrogens with one attached hydrogen (secondary N) is 2. The standard InChI is InChI=1S/C19H28N4O3S2.HI/c1-27-14-3-2-11-21-19(22-12-10-17-5-4-13-26-17)23-15-16-6-8-18(9-7-16)28(20,24)25;/h4-9,13H,2-3,10-12,14-15H2,1H3,(H2,20,24,25)(H2,21,22,23);1H. The van der Waals surface area contributed by atoms with Gasteiger partial charge in [0.15, 0.2) is 5.96 Å². The molecule has 0 saturated heterocycles. The van der Waals surface area contributed by atoms with Gasteiger partial charge in [0, 0.05) is 19.5 Å². The van der Waals surface area contributed by atoms with Gasteiger partial charge in [-0.3, -0.25) is 0 Å². The van der Waals surface area contributed by atoms with Crippen molar-refractivity contribution in [1.82, 2.24) is 10.6 Å². The molecule has 0 fully saturated rings. The molecule has 29 heavy (non-hydrogen) atoms. The van der Waals surface area contributed by atoms with Crippen LogP contribution in [0.5, 0.6) is 0 Å². The Morgan fingerprint density at radius 1 is 1.14 bits per heavy atom. The Morgan fingerprint density at radius 2 is 1.86 bits per heavy atom. The summed E-state index contributed by atoms with van der Waals surface area (Å²) < 4.78 is 28.0. The molecule has 0 spiro atoms. The van der Waals surface area contributed by atoms with E-state index < -0.39 is 10.0 Å². The molecule has 0 atom stereocenters. The topological polar surface area (TPSA) is 110 Å². The third kappa shape index (κ3) is 10.4. The van der Waals surface area contributed by atoms with Gasteiger partial charge in [0.2, 0.25) is 10.0 Å². The van der Waals surface area contributed by atoms with Crippen molar-refractivity contribution in [2.45, 2.75) is 30.7 Å². The lowest BCUT2D eigenvalue weighted by atomic mass is 10.2. The third-order valence-electron chi connectivity index (χ3n) is 3.98. The van der Waals surface area contributed by atoms with Crippen LogP contribution >= 0.6 is 35.7 Å². The van der Waals surface area contributed by atoms with Gasteiger partial charge in [-0.1, -0.05) is 12.1 Å². The molecule has 7 nitrogen and oxygen atoms in total. The predicted molar refractivity (Wildman–Crippen MR) is 130 cm³/mol. The number of aliphatic imine (C=N–C) groups is 1. The van der Waals surface area contributed by atoms with Crippen molar-refractivity contribution in [1.29, 1.82) is 0 Å². The van der Waals surface area contributed by atoms with E-state index in [1.54, 1.807) is 18.4 Å². The van der Waals surface area contributed by atoms with Gasteiger partial charge in [-0.2, -0.15) is 11.8 Å². The first kappa shape index (κ1) is 25.8. The van der Waals surface area contributed by atoms with Crippen LogP contribution in [0.3, 0.4) is 0 Å². The van der Waals surface area contributed by atoms with E-state index in [0.29, 0.717) is 13.1 Å². The highest BCUT2D eigenvalue weighted by atomic mass is 127. The minimum Gasteiger partial charge on any atom is -0.469 e.